The first kappa shape index (κ1) is 38.0. The molecule has 10 aromatic carbocycles. The predicted molar refractivity (Wildman–Crippen MR) is 280 cm³/mol. The predicted octanol–water partition coefficient (Wildman–Crippen LogP) is 14.7. The third-order valence-corrected chi connectivity index (χ3v) is 13.4. The van der Waals surface area contributed by atoms with Crippen molar-refractivity contribution in [3.05, 3.63) is 236 Å². The van der Waals surface area contributed by atoms with Crippen LogP contribution in [0, 0.1) is 6.92 Å². The van der Waals surface area contributed by atoms with E-state index in [-0.39, 0.29) is 0 Å². The molecule has 3 heterocycles. The summed E-state index contributed by atoms with van der Waals surface area (Å²) >= 11 is 0. The molecule has 5 heteroatoms. The minimum Gasteiger partial charge on any atom is -0.354 e. The quantitative estimate of drug-likeness (QED) is 0.154. The lowest BCUT2D eigenvalue weighted by Crippen LogP contribution is -2.37. The van der Waals surface area contributed by atoms with Crippen molar-refractivity contribution >= 4 is 90.3 Å². The minimum atomic E-state index is 1.06. The summed E-state index contributed by atoms with van der Waals surface area (Å²) in [7, 11) is 2.42. The van der Waals surface area contributed by atoms with Gasteiger partial charge in [-0.3, -0.25) is 0 Å². The highest BCUT2D eigenvalue weighted by atomic mass is 15.1. The van der Waals surface area contributed by atoms with Gasteiger partial charge < -0.3 is 19.4 Å². The Bertz CT molecular complexity index is 3780. The fraction of sp³-hybridized carbons (Fsp3) is 0.0164. The van der Waals surface area contributed by atoms with Crippen molar-refractivity contribution in [2.75, 3.05) is 10.2 Å². The van der Waals surface area contributed by atoms with Crippen LogP contribution in [-0.4, -0.2) is 16.4 Å². The van der Waals surface area contributed by atoms with Gasteiger partial charge in [0.15, 0.2) is 7.28 Å². The van der Waals surface area contributed by atoms with Crippen molar-refractivity contribution in [2.24, 2.45) is 0 Å². The van der Waals surface area contributed by atoms with Crippen LogP contribution in [0.1, 0.15) is 5.56 Å². The van der Waals surface area contributed by atoms with Gasteiger partial charge >= 0.3 is 0 Å². The molecule has 0 saturated heterocycles. The number of nitrogens with zero attached hydrogens (tertiary/aromatic N) is 3. The Morgan fingerprint density at radius 2 is 1.06 bits per heavy atom. The van der Waals surface area contributed by atoms with Gasteiger partial charge in [-0.15, -0.1) is 0 Å². The molecule has 1 aliphatic heterocycles. The van der Waals surface area contributed by atoms with Gasteiger partial charge in [0.05, 0.1) is 22.2 Å². The summed E-state index contributed by atoms with van der Waals surface area (Å²) < 4.78 is 4.92. The molecule has 0 spiro atoms. The zero-order chi connectivity index (χ0) is 43.7. The third-order valence-electron chi connectivity index (χ3n) is 13.4. The Balaban J connectivity index is 1.14. The topological polar surface area (TPSA) is 25.1 Å². The fourth-order valence-electron chi connectivity index (χ4n) is 10.5. The van der Waals surface area contributed by atoms with E-state index in [0.29, 0.717) is 0 Å². The summed E-state index contributed by atoms with van der Waals surface area (Å²) in [5.41, 5.74) is 20.6. The second-order valence-corrected chi connectivity index (χ2v) is 17.3. The average Bonchev–Trinajstić information content (AvgIpc) is 3.90. The number of aryl methyl sites for hydroxylation is 1. The second-order valence-electron chi connectivity index (χ2n) is 17.3. The van der Waals surface area contributed by atoms with Gasteiger partial charge in [0.25, 0.3) is 0 Å². The van der Waals surface area contributed by atoms with E-state index in [4.69, 9.17) is 0 Å². The number of benzene rings is 10. The van der Waals surface area contributed by atoms with Crippen LogP contribution in [-0.2, 0) is 0 Å². The van der Waals surface area contributed by atoms with Crippen molar-refractivity contribution in [1.82, 2.24) is 9.13 Å². The fourth-order valence-corrected chi connectivity index (χ4v) is 10.5. The summed E-state index contributed by atoms with van der Waals surface area (Å²) in [6.07, 6.45) is 0. The maximum absolute atomic E-state index is 4.15. The first-order valence-electron chi connectivity index (χ1n) is 22.7. The third kappa shape index (κ3) is 6.01. The van der Waals surface area contributed by atoms with Crippen LogP contribution < -0.4 is 21.1 Å². The van der Waals surface area contributed by atoms with E-state index in [9.17, 15) is 0 Å². The highest BCUT2D eigenvalue weighted by Gasteiger charge is 2.29. The molecule has 1 N–H and O–H groups in total. The minimum absolute atomic E-state index is 1.06. The summed E-state index contributed by atoms with van der Waals surface area (Å²) in [5, 5.41) is 9.02. The molecule has 1 aliphatic rings. The number of fused-ring (bicyclic) bond motifs is 8. The lowest BCUT2D eigenvalue weighted by molar-refractivity contribution is 1.18. The molecule has 0 atom stereocenters. The van der Waals surface area contributed by atoms with E-state index in [1.807, 2.05) is 0 Å². The van der Waals surface area contributed by atoms with Crippen LogP contribution in [0.3, 0.4) is 0 Å². The zero-order valence-corrected chi connectivity index (χ0v) is 36.4. The van der Waals surface area contributed by atoms with Crippen LogP contribution >= 0.6 is 0 Å². The van der Waals surface area contributed by atoms with Gasteiger partial charge in [0.2, 0.25) is 0 Å². The van der Waals surface area contributed by atoms with Crippen molar-refractivity contribution in [1.29, 1.82) is 0 Å². The number of aromatic nitrogens is 2. The van der Waals surface area contributed by atoms with Gasteiger partial charge in [-0.25, -0.2) is 0 Å². The molecule has 13 rings (SSSR count). The molecule has 0 fully saturated rings. The first-order chi connectivity index (χ1) is 32.7. The maximum atomic E-state index is 4.15. The molecule has 0 unspecified atom stereocenters. The van der Waals surface area contributed by atoms with E-state index in [1.165, 1.54) is 60.2 Å². The number of anilines is 5. The molecule has 0 aliphatic carbocycles. The Kier molecular flexibility index (Phi) is 8.82. The summed E-state index contributed by atoms with van der Waals surface area (Å²) in [5.74, 6) is 0. The maximum Gasteiger partial charge on any atom is 0.197 e. The van der Waals surface area contributed by atoms with Crippen LogP contribution in [0.25, 0.3) is 77.2 Å². The van der Waals surface area contributed by atoms with Gasteiger partial charge in [0, 0.05) is 66.7 Å². The molecule has 4 nitrogen and oxygen atoms in total. The lowest BCUT2D eigenvalue weighted by atomic mass is 9.59. The van der Waals surface area contributed by atoms with Crippen LogP contribution in [0.15, 0.2) is 231 Å². The number of nitrogens with one attached hydrogen (secondary N) is 1. The zero-order valence-electron chi connectivity index (χ0n) is 36.4. The molecule has 2 aromatic heterocycles. The van der Waals surface area contributed by atoms with Crippen molar-refractivity contribution in [3.8, 4) is 33.6 Å². The van der Waals surface area contributed by atoms with Gasteiger partial charge in [-0.05, 0) is 114 Å². The Morgan fingerprint density at radius 1 is 0.439 bits per heavy atom. The SMILES string of the molecule is Cc1cc(-c2ccccc2)ccc1Nc1c(-c2cc(N(c3ccccc3)c3ccccc3)cc3c2[B]c2cccc4c5ccccc5n-3c24)ccc2c1c1ccccc1n2-c1ccccc1. The van der Waals surface area contributed by atoms with Crippen molar-refractivity contribution in [2.45, 2.75) is 6.92 Å². The summed E-state index contributed by atoms with van der Waals surface area (Å²) in [4.78, 5) is 2.40. The van der Waals surface area contributed by atoms with Crippen LogP contribution in [0.4, 0.5) is 28.4 Å². The molecule has 12 aromatic rings. The molecule has 66 heavy (non-hydrogen) atoms. The van der Waals surface area contributed by atoms with E-state index in [1.54, 1.807) is 0 Å². The van der Waals surface area contributed by atoms with Crippen molar-refractivity contribution in [3.63, 3.8) is 0 Å². The molecule has 0 bridgehead atoms. The van der Waals surface area contributed by atoms with E-state index in [2.05, 4.69) is 264 Å². The highest BCUT2D eigenvalue weighted by Crippen LogP contribution is 2.46. The molecular weight excluding hydrogens is 800 g/mol. The first-order valence-corrected chi connectivity index (χ1v) is 22.7. The number of hydrogen-bond donors (Lipinski definition) is 1. The second kappa shape index (κ2) is 15.3. The highest BCUT2D eigenvalue weighted by molar-refractivity contribution is 6.73. The van der Waals surface area contributed by atoms with E-state index < -0.39 is 0 Å². The normalized spacial score (nSPS) is 11.8. The summed E-state index contributed by atoms with van der Waals surface area (Å²) in [6, 6.07) is 83.6. The molecule has 0 saturated carbocycles. The van der Waals surface area contributed by atoms with Gasteiger partial charge in [-0.1, -0.05) is 157 Å². The smallest absolute Gasteiger partial charge is 0.197 e. The van der Waals surface area contributed by atoms with Crippen LogP contribution in [0.2, 0.25) is 0 Å². The molecule has 309 valence electrons. The summed E-state index contributed by atoms with van der Waals surface area (Å²) in [6.45, 7) is 2.22. The standard InChI is InChI=1S/C61H42BN4/c1-40-37-42(41-19-6-2-7-20-41)33-35-53(40)63-60-48(34-36-56-58(60)50-28-15-17-32-55(50)65(56)45-25-12-5-13-26-45)51-38-46(64(43-21-8-3-9-22-43)44-23-10-4-11-24-44)39-57-59(51)62-52-30-18-29-49-47-27-14-16-31-54(47)66(57)61(49)52/h2-39,63H,1H3. The lowest BCUT2D eigenvalue weighted by Gasteiger charge is -2.30. The van der Waals surface area contributed by atoms with Gasteiger partial charge in [-0.2, -0.15) is 0 Å². The number of rotatable bonds is 8. The van der Waals surface area contributed by atoms with Crippen molar-refractivity contribution < 1.29 is 0 Å². The van der Waals surface area contributed by atoms with E-state index >= 15 is 0 Å². The number of hydrogen-bond acceptors (Lipinski definition) is 2. The Morgan fingerprint density at radius 3 is 1.77 bits per heavy atom. The molecular formula is C61H42BN4. The Hall–Kier alpha value is -8.54. The number of para-hydroxylation sites is 6. The van der Waals surface area contributed by atoms with Gasteiger partial charge in [0.1, 0.15) is 0 Å². The molecule has 1 radical (unpaired) electrons. The largest absolute Gasteiger partial charge is 0.354 e. The van der Waals surface area contributed by atoms with Crippen LogP contribution in [0.5, 0.6) is 0 Å². The average molecular weight is 842 g/mol. The monoisotopic (exact) mass is 841 g/mol. The Labute approximate surface area is 384 Å². The molecule has 0 amide bonds. The van der Waals surface area contributed by atoms with E-state index in [0.717, 1.165) is 62.0 Å².